The van der Waals surface area contributed by atoms with Crippen molar-refractivity contribution in [1.82, 2.24) is 0 Å². The lowest BCUT2D eigenvalue weighted by Crippen LogP contribution is -3.00. The van der Waals surface area contributed by atoms with E-state index >= 15 is 0 Å². The summed E-state index contributed by atoms with van der Waals surface area (Å²) in [6, 6.07) is 16.1. The van der Waals surface area contributed by atoms with E-state index < -0.39 is 6.04 Å². The SMILES string of the molecule is Cc1cccc(C)c1NC(=O)C1c2cccc[n+]2CC(=O)N1c1cccc(Cl)c1C.[I-]. The van der Waals surface area contributed by atoms with E-state index in [9.17, 15) is 9.59 Å². The lowest BCUT2D eigenvalue weighted by molar-refractivity contribution is -0.695. The molecule has 0 aliphatic carbocycles. The molecule has 3 aromatic rings. The van der Waals surface area contributed by atoms with Gasteiger partial charge >= 0.3 is 0 Å². The second kappa shape index (κ2) is 9.36. The number of pyridine rings is 1. The third-order valence-corrected chi connectivity index (χ3v) is 5.97. The Morgan fingerprint density at radius 3 is 2.42 bits per heavy atom. The monoisotopic (exact) mass is 547 g/mol. The molecule has 1 atom stereocenters. The molecule has 0 radical (unpaired) electrons. The normalized spacial score (nSPS) is 15.2. The maximum absolute atomic E-state index is 13.6. The quantitative estimate of drug-likeness (QED) is 0.397. The summed E-state index contributed by atoms with van der Waals surface area (Å²) in [7, 11) is 0. The predicted molar refractivity (Wildman–Crippen MR) is 118 cm³/mol. The first-order valence-electron chi connectivity index (χ1n) is 9.81. The van der Waals surface area contributed by atoms with Crippen molar-refractivity contribution in [3.8, 4) is 0 Å². The Labute approximate surface area is 204 Å². The van der Waals surface area contributed by atoms with Gasteiger partial charge in [0.15, 0.2) is 6.20 Å². The van der Waals surface area contributed by atoms with Gasteiger partial charge < -0.3 is 29.3 Å². The van der Waals surface area contributed by atoms with Crippen molar-refractivity contribution in [2.75, 3.05) is 10.2 Å². The van der Waals surface area contributed by atoms with Crippen LogP contribution in [0, 0.1) is 20.8 Å². The van der Waals surface area contributed by atoms with E-state index in [-0.39, 0.29) is 42.3 Å². The van der Waals surface area contributed by atoms with Gasteiger partial charge in [0.1, 0.15) is 0 Å². The number of rotatable bonds is 3. The molecule has 160 valence electrons. The molecule has 31 heavy (non-hydrogen) atoms. The zero-order chi connectivity index (χ0) is 21.4. The molecular weight excluding hydrogens is 525 g/mol. The van der Waals surface area contributed by atoms with Crippen LogP contribution >= 0.6 is 11.6 Å². The minimum Gasteiger partial charge on any atom is -1.00 e. The molecule has 4 rings (SSSR count). The third kappa shape index (κ3) is 4.32. The molecule has 0 saturated heterocycles. The first kappa shape index (κ1) is 23.2. The number of aryl methyl sites for hydroxylation is 2. The zero-order valence-corrected chi connectivity index (χ0v) is 20.4. The minimum absolute atomic E-state index is 0. The Morgan fingerprint density at radius 1 is 1.03 bits per heavy atom. The van der Waals surface area contributed by atoms with Crippen LogP contribution in [0.2, 0.25) is 5.02 Å². The second-order valence-electron chi connectivity index (χ2n) is 7.56. The summed E-state index contributed by atoms with van der Waals surface area (Å²) in [6.45, 7) is 5.93. The first-order valence-corrected chi connectivity index (χ1v) is 10.2. The van der Waals surface area contributed by atoms with Crippen molar-refractivity contribution in [2.24, 2.45) is 0 Å². The van der Waals surface area contributed by atoms with Crippen LogP contribution < -0.4 is 38.8 Å². The van der Waals surface area contributed by atoms with E-state index in [2.05, 4.69) is 5.32 Å². The summed E-state index contributed by atoms with van der Waals surface area (Å²) in [5.41, 5.74) is 4.87. The van der Waals surface area contributed by atoms with E-state index in [1.165, 1.54) is 0 Å². The van der Waals surface area contributed by atoms with Crippen LogP contribution in [0.15, 0.2) is 60.8 Å². The van der Waals surface area contributed by atoms with Gasteiger partial charge in [-0.05, 0) is 49.6 Å². The molecule has 5 nitrogen and oxygen atoms in total. The van der Waals surface area contributed by atoms with Crippen molar-refractivity contribution >= 4 is 34.8 Å². The Morgan fingerprint density at radius 2 is 1.71 bits per heavy atom. The lowest BCUT2D eigenvalue weighted by atomic mass is 10.0. The molecule has 1 aliphatic rings. The molecule has 2 amide bonds. The van der Waals surface area contributed by atoms with E-state index in [4.69, 9.17) is 11.6 Å². The number of fused-ring (bicyclic) bond motifs is 1. The minimum atomic E-state index is -0.816. The molecule has 0 saturated carbocycles. The van der Waals surface area contributed by atoms with Gasteiger partial charge in [-0.3, -0.25) is 14.5 Å². The number of carbonyl (C=O) groups excluding carboxylic acids is 2. The number of para-hydroxylation sites is 1. The number of anilines is 2. The number of benzene rings is 2. The Kier molecular flexibility index (Phi) is 7.01. The van der Waals surface area contributed by atoms with Crippen LogP contribution in [0.5, 0.6) is 0 Å². The number of nitrogens with one attached hydrogen (secondary N) is 1. The van der Waals surface area contributed by atoms with Crippen LogP contribution in [-0.2, 0) is 16.1 Å². The van der Waals surface area contributed by atoms with Crippen molar-refractivity contribution in [3.05, 3.63) is 88.2 Å². The number of amides is 2. The molecule has 0 fully saturated rings. The molecule has 0 spiro atoms. The molecule has 1 unspecified atom stereocenters. The number of hydrogen-bond acceptors (Lipinski definition) is 2. The lowest BCUT2D eigenvalue weighted by Gasteiger charge is -2.33. The molecule has 2 heterocycles. The summed E-state index contributed by atoms with van der Waals surface area (Å²) in [5, 5.41) is 3.62. The summed E-state index contributed by atoms with van der Waals surface area (Å²) >= 11 is 6.34. The standard InChI is InChI=1S/C24H22ClN3O2.HI/c1-15-8-6-9-16(2)22(15)26-24(30)23-20-11-4-5-13-27(20)14-21(29)28(23)19-12-7-10-18(25)17(19)3;/h4-13,23H,14H2,1-3H3;1H. The first-order chi connectivity index (χ1) is 14.4. The maximum Gasteiger partial charge on any atom is 0.294 e. The summed E-state index contributed by atoms with van der Waals surface area (Å²) in [4.78, 5) is 28.4. The Hall–Kier alpha value is -2.45. The molecule has 2 aromatic carbocycles. The van der Waals surface area contributed by atoms with Gasteiger partial charge in [-0.15, -0.1) is 0 Å². The van der Waals surface area contributed by atoms with Crippen molar-refractivity contribution in [2.45, 2.75) is 33.4 Å². The summed E-state index contributed by atoms with van der Waals surface area (Å²) in [5.74, 6) is -0.425. The molecule has 1 N–H and O–H groups in total. The fourth-order valence-electron chi connectivity index (χ4n) is 3.97. The topological polar surface area (TPSA) is 53.3 Å². The van der Waals surface area contributed by atoms with Gasteiger partial charge in [0.25, 0.3) is 11.8 Å². The van der Waals surface area contributed by atoms with E-state index in [0.717, 1.165) is 28.1 Å². The average Bonchev–Trinajstić information content (AvgIpc) is 2.72. The van der Waals surface area contributed by atoms with Gasteiger partial charge in [0, 0.05) is 28.5 Å². The fourth-order valence-corrected chi connectivity index (χ4v) is 4.13. The number of nitrogens with zero attached hydrogens (tertiary/aromatic N) is 2. The van der Waals surface area contributed by atoms with Gasteiger partial charge in [-0.25, -0.2) is 0 Å². The van der Waals surface area contributed by atoms with Gasteiger partial charge in [0.05, 0.1) is 0 Å². The second-order valence-corrected chi connectivity index (χ2v) is 7.97. The molecule has 7 heteroatoms. The van der Waals surface area contributed by atoms with Crippen LogP contribution in [0.4, 0.5) is 11.4 Å². The van der Waals surface area contributed by atoms with Crippen molar-refractivity contribution in [3.63, 3.8) is 0 Å². The summed E-state index contributed by atoms with van der Waals surface area (Å²) in [6.07, 6.45) is 1.83. The predicted octanol–water partition coefficient (Wildman–Crippen LogP) is 1.28. The largest absolute Gasteiger partial charge is 1.00 e. The van der Waals surface area contributed by atoms with Gasteiger partial charge in [0.2, 0.25) is 18.3 Å². The highest BCUT2D eigenvalue weighted by atomic mass is 127. The summed E-state index contributed by atoms with van der Waals surface area (Å²) < 4.78 is 1.83. The van der Waals surface area contributed by atoms with E-state index in [1.54, 1.807) is 17.0 Å². The van der Waals surface area contributed by atoms with Gasteiger partial charge in [-0.1, -0.05) is 41.9 Å². The zero-order valence-electron chi connectivity index (χ0n) is 17.5. The van der Waals surface area contributed by atoms with Crippen molar-refractivity contribution in [1.29, 1.82) is 0 Å². The smallest absolute Gasteiger partial charge is 0.294 e. The Bertz CT molecular complexity index is 1150. The number of hydrogen-bond donors (Lipinski definition) is 1. The molecular formula is C24H23ClIN3O2. The highest BCUT2D eigenvalue weighted by molar-refractivity contribution is 6.31. The molecule has 1 aromatic heterocycles. The van der Waals surface area contributed by atoms with Crippen molar-refractivity contribution < 1.29 is 38.1 Å². The van der Waals surface area contributed by atoms with Crippen LogP contribution in [-0.4, -0.2) is 11.8 Å². The number of aromatic nitrogens is 1. The molecule has 1 aliphatic heterocycles. The Balaban J connectivity index is 0.00000272. The highest BCUT2D eigenvalue weighted by Gasteiger charge is 2.44. The highest BCUT2D eigenvalue weighted by Crippen LogP contribution is 2.35. The third-order valence-electron chi connectivity index (χ3n) is 5.56. The fraction of sp³-hybridized carbons (Fsp3) is 0.208. The van der Waals surface area contributed by atoms with Crippen LogP contribution in [0.1, 0.15) is 28.4 Å². The maximum atomic E-state index is 13.6. The van der Waals surface area contributed by atoms with Crippen LogP contribution in [0.3, 0.4) is 0 Å². The van der Waals surface area contributed by atoms with Crippen LogP contribution in [0.25, 0.3) is 0 Å². The van der Waals surface area contributed by atoms with Gasteiger partial charge in [-0.2, -0.15) is 4.57 Å². The molecule has 0 bridgehead atoms. The number of halogens is 2. The average molecular weight is 548 g/mol. The van der Waals surface area contributed by atoms with E-state index in [0.29, 0.717) is 10.7 Å². The van der Waals surface area contributed by atoms with E-state index in [1.807, 2.05) is 74.0 Å². The number of carbonyl (C=O) groups is 2.